The summed E-state index contributed by atoms with van der Waals surface area (Å²) >= 11 is 6.28. The van der Waals surface area contributed by atoms with Gasteiger partial charge in [0.1, 0.15) is 6.04 Å². The molecule has 0 radical (unpaired) electrons. The molecule has 3 N–H and O–H groups in total. The fourth-order valence-electron chi connectivity index (χ4n) is 1.34. The van der Waals surface area contributed by atoms with Crippen molar-refractivity contribution in [3.05, 3.63) is 28.4 Å². The maximum absolute atomic E-state index is 12.1. The molecule has 1 rings (SSSR count). The molecule has 1 atom stereocenters. The van der Waals surface area contributed by atoms with Crippen molar-refractivity contribution < 1.29 is 19.8 Å². The molecule has 0 bridgehead atoms. The van der Waals surface area contributed by atoms with Gasteiger partial charge < -0.3 is 15.5 Å². The second-order valence-corrected chi connectivity index (χ2v) is 7.11. The van der Waals surface area contributed by atoms with Gasteiger partial charge in [-0.2, -0.15) is 0 Å². The number of carboxylic acids is 1. The summed E-state index contributed by atoms with van der Waals surface area (Å²) in [6, 6.07) is 2.56. The van der Waals surface area contributed by atoms with Gasteiger partial charge in [0.2, 0.25) is 0 Å². The second kappa shape index (κ2) is 7.93. The molecule has 104 valence electrons. The van der Waals surface area contributed by atoms with E-state index < -0.39 is 17.9 Å². The molecule has 0 saturated heterocycles. The van der Waals surface area contributed by atoms with E-state index in [1.54, 1.807) is 6.07 Å². The molecule has 0 spiro atoms. The lowest BCUT2D eigenvalue weighted by atomic mass is 10.1. The Morgan fingerprint density at radius 1 is 1.26 bits per heavy atom. The average molecular weight is 601 g/mol. The first-order valence-electron chi connectivity index (χ1n) is 5.16. The highest BCUT2D eigenvalue weighted by atomic mass is 127. The predicted octanol–water partition coefficient (Wildman–Crippen LogP) is 2.07. The number of nitrogens with one attached hydrogen (secondary N) is 1. The number of halogens is 3. The molecule has 1 aromatic rings. The minimum absolute atomic E-state index is 0.0152. The van der Waals surface area contributed by atoms with E-state index in [2.05, 4.69) is 73.1 Å². The Hall–Kier alpha value is 0.310. The lowest BCUT2D eigenvalue weighted by Crippen LogP contribution is -2.41. The van der Waals surface area contributed by atoms with Crippen molar-refractivity contribution in [2.24, 2.45) is 0 Å². The zero-order valence-corrected chi connectivity index (χ0v) is 16.0. The zero-order valence-electron chi connectivity index (χ0n) is 9.49. The molecule has 19 heavy (non-hydrogen) atoms. The summed E-state index contributed by atoms with van der Waals surface area (Å²) in [7, 11) is 0. The first-order valence-corrected chi connectivity index (χ1v) is 8.39. The summed E-state index contributed by atoms with van der Waals surface area (Å²) in [5.41, 5.74) is 0.445. The minimum atomic E-state index is -1.15. The fourth-order valence-corrected chi connectivity index (χ4v) is 3.74. The number of carbonyl (C=O) groups excluding carboxylic acids is 1. The van der Waals surface area contributed by atoms with Crippen molar-refractivity contribution in [1.82, 2.24) is 5.32 Å². The van der Waals surface area contributed by atoms with Gasteiger partial charge in [0.25, 0.3) is 5.91 Å². The largest absolute Gasteiger partial charge is 0.480 e. The number of carboxylic acid groups (broad SMARTS) is 1. The van der Waals surface area contributed by atoms with Crippen LogP contribution in [0, 0.1) is 10.7 Å². The maximum Gasteiger partial charge on any atom is 0.326 e. The summed E-state index contributed by atoms with van der Waals surface area (Å²) in [6.45, 7) is -0.293. The van der Waals surface area contributed by atoms with Gasteiger partial charge in [-0.25, -0.2) is 4.79 Å². The van der Waals surface area contributed by atoms with Gasteiger partial charge in [0.05, 0.1) is 5.56 Å². The molecule has 0 aliphatic heterocycles. The Kier molecular flexibility index (Phi) is 7.24. The monoisotopic (exact) mass is 601 g/mol. The lowest BCUT2D eigenvalue weighted by Gasteiger charge is -2.14. The van der Waals surface area contributed by atoms with Crippen molar-refractivity contribution >= 4 is 79.6 Å². The molecule has 1 aromatic carbocycles. The fraction of sp³-hybridized carbons (Fsp3) is 0.273. The van der Waals surface area contributed by atoms with Crippen LogP contribution in [0.5, 0.6) is 0 Å². The third-order valence-corrected chi connectivity index (χ3v) is 5.93. The second-order valence-electron chi connectivity index (χ2n) is 3.63. The molecule has 0 aliphatic rings. The number of aliphatic carboxylic acids is 1. The number of hydrogen-bond donors (Lipinski definition) is 3. The molecule has 0 aliphatic carbocycles. The number of amides is 1. The molecule has 5 nitrogen and oxygen atoms in total. The van der Waals surface area contributed by atoms with Gasteiger partial charge in [-0.1, -0.05) is 0 Å². The Balaban J connectivity index is 2.97. The zero-order chi connectivity index (χ0) is 14.6. The summed E-state index contributed by atoms with van der Waals surface area (Å²) in [5.74, 6) is -1.60. The number of carbonyl (C=O) groups is 2. The Morgan fingerprint density at radius 2 is 1.89 bits per heavy atom. The molecule has 0 saturated carbocycles. The molecule has 1 amide bonds. The number of hydrogen-bond acceptors (Lipinski definition) is 3. The highest BCUT2D eigenvalue weighted by Gasteiger charge is 2.22. The van der Waals surface area contributed by atoms with Crippen molar-refractivity contribution in [2.45, 2.75) is 12.5 Å². The Bertz CT molecular complexity index is 507. The molecular formula is C11H10I3NO4. The van der Waals surface area contributed by atoms with Gasteiger partial charge in [-0.15, -0.1) is 0 Å². The van der Waals surface area contributed by atoms with Crippen LogP contribution in [-0.4, -0.2) is 34.7 Å². The van der Waals surface area contributed by atoms with Crippen LogP contribution in [0.25, 0.3) is 0 Å². The van der Waals surface area contributed by atoms with E-state index in [0.717, 1.165) is 10.7 Å². The standard InChI is InChI=1S/C11H10I3NO4/c12-5-3-6(9(14)7(13)4-5)10(17)15-8(1-2-16)11(18)19/h3-4,8,16H,1-2H2,(H,15,17)(H,18,19)/t8-/m0/s1. The minimum Gasteiger partial charge on any atom is -0.480 e. The molecule has 8 heteroatoms. The van der Waals surface area contributed by atoms with Crippen molar-refractivity contribution in [3.8, 4) is 0 Å². The first kappa shape index (κ1) is 17.4. The topological polar surface area (TPSA) is 86.6 Å². The quantitative estimate of drug-likeness (QED) is 0.357. The molecule has 0 unspecified atom stereocenters. The van der Waals surface area contributed by atoms with E-state index in [1.807, 2.05) is 6.07 Å². The van der Waals surface area contributed by atoms with Gasteiger partial charge in [-0.05, 0) is 79.9 Å². The molecular weight excluding hydrogens is 591 g/mol. The van der Waals surface area contributed by atoms with Crippen molar-refractivity contribution in [3.63, 3.8) is 0 Å². The van der Waals surface area contributed by atoms with E-state index in [1.165, 1.54) is 0 Å². The average Bonchev–Trinajstić information content (AvgIpc) is 2.32. The van der Waals surface area contributed by atoms with E-state index in [4.69, 9.17) is 10.2 Å². The number of benzene rings is 1. The van der Waals surface area contributed by atoms with Gasteiger partial charge in [0.15, 0.2) is 0 Å². The van der Waals surface area contributed by atoms with Crippen LogP contribution in [0.1, 0.15) is 16.8 Å². The third-order valence-electron chi connectivity index (χ3n) is 2.26. The number of aliphatic hydroxyl groups excluding tert-OH is 1. The highest BCUT2D eigenvalue weighted by molar-refractivity contribution is 14.1. The van der Waals surface area contributed by atoms with Crippen molar-refractivity contribution in [1.29, 1.82) is 0 Å². The summed E-state index contributed by atoms with van der Waals surface area (Å²) < 4.78 is 2.62. The van der Waals surface area contributed by atoms with E-state index in [9.17, 15) is 9.59 Å². The highest BCUT2D eigenvalue weighted by Crippen LogP contribution is 2.22. The van der Waals surface area contributed by atoms with Crippen LogP contribution in [0.3, 0.4) is 0 Å². The van der Waals surface area contributed by atoms with Crippen LogP contribution in [0.2, 0.25) is 0 Å². The lowest BCUT2D eigenvalue weighted by molar-refractivity contribution is -0.139. The predicted molar refractivity (Wildman–Crippen MR) is 95.2 cm³/mol. The van der Waals surface area contributed by atoms with Crippen LogP contribution in [-0.2, 0) is 4.79 Å². The van der Waals surface area contributed by atoms with E-state index >= 15 is 0 Å². The normalized spacial score (nSPS) is 12.0. The van der Waals surface area contributed by atoms with Gasteiger partial charge in [-0.3, -0.25) is 4.79 Å². The molecule has 0 heterocycles. The Morgan fingerprint density at radius 3 is 2.42 bits per heavy atom. The van der Waals surface area contributed by atoms with Crippen LogP contribution < -0.4 is 5.32 Å². The van der Waals surface area contributed by atoms with Crippen LogP contribution in [0.15, 0.2) is 12.1 Å². The number of aliphatic hydroxyl groups is 1. The maximum atomic E-state index is 12.1. The number of rotatable bonds is 5. The van der Waals surface area contributed by atoms with Gasteiger partial charge in [0, 0.05) is 23.7 Å². The SMILES string of the molecule is O=C(N[C@@H](CCO)C(=O)O)c1cc(I)cc(I)c1I. The van der Waals surface area contributed by atoms with E-state index in [-0.39, 0.29) is 13.0 Å². The Labute approximate surface area is 151 Å². The van der Waals surface area contributed by atoms with Crippen LogP contribution >= 0.6 is 67.8 Å². The van der Waals surface area contributed by atoms with Crippen molar-refractivity contribution in [2.75, 3.05) is 6.61 Å². The summed E-state index contributed by atoms with van der Waals surface area (Å²) in [4.78, 5) is 23.0. The van der Waals surface area contributed by atoms with Gasteiger partial charge >= 0.3 is 5.97 Å². The third kappa shape index (κ3) is 4.97. The van der Waals surface area contributed by atoms with Crippen LogP contribution in [0.4, 0.5) is 0 Å². The summed E-state index contributed by atoms with van der Waals surface area (Å²) in [5, 5.41) is 20.2. The summed E-state index contributed by atoms with van der Waals surface area (Å²) in [6.07, 6.45) is -0.0152. The first-order chi connectivity index (χ1) is 8.86. The van der Waals surface area contributed by atoms with E-state index in [0.29, 0.717) is 5.56 Å². The molecule has 0 fully saturated rings. The molecule has 0 aromatic heterocycles. The smallest absolute Gasteiger partial charge is 0.326 e.